The maximum atomic E-state index is 13.2. The summed E-state index contributed by atoms with van der Waals surface area (Å²) >= 11 is 17.2. The number of benzene rings is 2. The van der Waals surface area contributed by atoms with Gasteiger partial charge >= 0.3 is 0 Å². The van der Waals surface area contributed by atoms with Crippen LogP contribution in [0.3, 0.4) is 0 Å². The van der Waals surface area contributed by atoms with Crippen LogP contribution in [0.4, 0.5) is 5.69 Å². The molecule has 2 aromatic carbocycles. The zero-order chi connectivity index (χ0) is 22.7. The molecule has 0 radical (unpaired) electrons. The highest BCUT2D eigenvalue weighted by molar-refractivity contribution is 7.80. The summed E-state index contributed by atoms with van der Waals surface area (Å²) in [4.78, 5) is 26.9. The van der Waals surface area contributed by atoms with Crippen molar-refractivity contribution >= 4 is 64.1 Å². The zero-order valence-corrected chi connectivity index (χ0v) is 18.8. The fourth-order valence-corrected chi connectivity index (χ4v) is 3.61. The topological polar surface area (TPSA) is 78.9 Å². The predicted molar refractivity (Wildman–Crippen MR) is 126 cm³/mol. The molecule has 0 atom stereocenters. The lowest BCUT2D eigenvalue weighted by Gasteiger charge is -2.29. The second-order valence-electron chi connectivity index (χ2n) is 6.51. The van der Waals surface area contributed by atoms with Crippen LogP contribution in [0, 0.1) is 0 Å². The van der Waals surface area contributed by atoms with Gasteiger partial charge < -0.3 is 9.84 Å². The molecule has 1 fully saturated rings. The first kappa shape index (κ1) is 22.8. The highest BCUT2D eigenvalue weighted by Crippen LogP contribution is 2.34. The second-order valence-corrected chi connectivity index (χ2v) is 7.71. The largest absolute Gasteiger partial charge is 0.504 e. The highest BCUT2D eigenvalue weighted by atomic mass is 35.5. The number of phenols is 1. The van der Waals surface area contributed by atoms with Gasteiger partial charge in [-0.15, -0.1) is 6.58 Å². The quantitative estimate of drug-likeness (QED) is 0.274. The van der Waals surface area contributed by atoms with E-state index in [1.807, 2.05) is 0 Å². The Balaban J connectivity index is 2.07. The number of hydrogen-bond acceptors (Lipinski definition) is 5. The first-order valence-corrected chi connectivity index (χ1v) is 10.4. The molecule has 6 nitrogen and oxygen atoms in total. The molecule has 1 aliphatic rings. The van der Waals surface area contributed by atoms with Gasteiger partial charge in [0.05, 0.1) is 22.3 Å². The van der Waals surface area contributed by atoms with E-state index >= 15 is 0 Å². The lowest BCUT2D eigenvalue weighted by atomic mass is 10.0. The molecule has 0 saturated carbocycles. The molecule has 1 aliphatic heterocycles. The number of thiocarbonyl (C=S) groups is 1. The number of aromatic hydroxyl groups is 1. The van der Waals surface area contributed by atoms with E-state index < -0.39 is 11.8 Å². The van der Waals surface area contributed by atoms with E-state index in [1.54, 1.807) is 31.2 Å². The van der Waals surface area contributed by atoms with Crippen molar-refractivity contribution in [3.8, 4) is 11.5 Å². The Bertz CT molecular complexity index is 1130. The summed E-state index contributed by atoms with van der Waals surface area (Å²) in [6.45, 7) is 5.80. The molecule has 0 aliphatic carbocycles. The predicted octanol–water partition coefficient (Wildman–Crippen LogP) is 4.66. The van der Waals surface area contributed by atoms with Gasteiger partial charge in [-0.2, -0.15) is 0 Å². The van der Waals surface area contributed by atoms with E-state index in [0.29, 0.717) is 34.9 Å². The minimum atomic E-state index is -0.636. The third-order valence-corrected chi connectivity index (χ3v) is 5.44. The van der Waals surface area contributed by atoms with Crippen LogP contribution >= 0.6 is 35.4 Å². The number of anilines is 1. The number of nitrogens with zero attached hydrogens (tertiary/aromatic N) is 1. The number of amides is 2. The summed E-state index contributed by atoms with van der Waals surface area (Å²) in [7, 11) is 0. The highest BCUT2D eigenvalue weighted by Gasteiger charge is 2.34. The van der Waals surface area contributed by atoms with Crippen LogP contribution in [-0.2, 0) is 16.0 Å². The molecule has 1 heterocycles. The van der Waals surface area contributed by atoms with Crippen molar-refractivity contribution in [3.63, 3.8) is 0 Å². The van der Waals surface area contributed by atoms with Crippen molar-refractivity contribution in [1.29, 1.82) is 0 Å². The molecule has 0 bridgehead atoms. The van der Waals surface area contributed by atoms with Crippen LogP contribution in [0.1, 0.15) is 18.1 Å². The summed E-state index contributed by atoms with van der Waals surface area (Å²) < 4.78 is 5.48. The minimum Gasteiger partial charge on any atom is -0.504 e. The van der Waals surface area contributed by atoms with E-state index in [2.05, 4.69) is 11.9 Å². The van der Waals surface area contributed by atoms with Gasteiger partial charge in [0.1, 0.15) is 5.57 Å². The monoisotopic (exact) mass is 476 g/mol. The standard InChI is InChI=1S/C22H18Cl2N2O4S/c1-3-5-13-8-12(10-18(19(13)27)30-4-2)9-15-20(28)25-22(31)26(21(15)29)14-6-7-16(23)17(24)11-14/h3,6-11,27H,1,4-5H2,2H3,(H,25,28,31)/b15-9+. The Morgan fingerprint density at radius 2 is 1.97 bits per heavy atom. The number of allylic oxidation sites excluding steroid dienone is 1. The summed E-state index contributed by atoms with van der Waals surface area (Å²) in [5, 5.41) is 13.4. The number of ether oxygens (including phenoxy) is 1. The van der Waals surface area contributed by atoms with E-state index in [0.717, 1.165) is 0 Å². The van der Waals surface area contributed by atoms with Crippen molar-refractivity contribution in [2.75, 3.05) is 11.5 Å². The summed E-state index contributed by atoms with van der Waals surface area (Å²) in [6, 6.07) is 7.80. The molecule has 160 valence electrons. The van der Waals surface area contributed by atoms with Crippen LogP contribution < -0.4 is 15.0 Å². The van der Waals surface area contributed by atoms with Crippen LogP contribution in [0.15, 0.2) is 48.6 Å². The molecular formula is C22H18Cl2N2O4S. The third kappa shape index (κ3) is 4.74. The van der Waals surface area contributed by atoms with E-state index in [-0.39, 0.29) is 27.2 Å². The van der Waals surface area contributed by atoms with Gasteiger partial charge in [0.15, 0.2) is 16.6 Å². The first-order valence-electron chi connectivity index (χ1n) is 9.22. The Hall–Kier alpha value is -2.87. The van der Waals surface area contributed by atoms with Crippen molar-refractivity contribution in [1.82, 2.24) is 5.32 Å². The van der Waals surface area contributed by atoms with Gasteiger partial charge in [0.25, 0.3) is 11.8 Å². The number of rotatable bonds is 6. The maximum absolute atomic E-state index is 13.2. The Labute approximate surface area is 194 Å². The Kier molecular flexibility index (Phi) is 7.00. The molecule has 2 amide bonds. The van der Waals surface area contributed by atoms with E-state index in [4.69, 9.17) is 40.2 Å². The molecule has 0 aromatic heterocycles. The van der Waals surface area contributed by atoms with Crippen LogP contribution in [0.25, 0.3) is 6.08 Å². The third-order valence-electron chi connectivity index (χ3n) is 4.41. The van der Waals surface area contributed by atoms with Gasteiger partial charge in [-0.3, -0.25) is 19.8 Å². The molecule has 0 spiro atoms. The average molecular weight is 477 g/mol. The molecule has 1 saturated heterocycles. The summed E-state index contributed by atoms with van der Waals surface area (Å²) in [5.74, 6) is -1.03. The van der Waals surface area contributed by atoms with Gasteiger partial charge in [-0.25, -0.2) is 0 Å². The second kappa shape index (κ2) is 9.51. The van der Waals surface area contributed by atoms with Gasteiger partial charge in [-0.05, 0) is 67.5 Å². The van der Waals surface area contributed by atoms with Crippen molar-refractivity contribution in [2.45, 2.75) is 13.3 Å². The van der Waals surface area contributed by atoms with Gasteiger partial charge in [0, 0.05) is 5.56 Å². The fourth-order valence-electron chi connectivity index (χ4n) is 3.03. The molecular weight excluding hydrogens is 459 g/mol. The maximum Gasteiger partial charge on any atom is 0.270 e. The summed E-state index contributed by atoms with van der Waals surface area (Å²) in [5.41, 5.74) is 1.27. The van der Waals surface area contributed by atoms with Crippen molar-refractivity contribution in [2.24, 2.45) is 0 Å². The molecule has 9 heteroatoms. The zero-order valence-electron chi connectivity index (χ0n) is 16.4. The fraction of sp³-hybridized carbons (Fsp3) is 0.136. The smallest absolute Gasteiger partial charge is 0.270 e. The Morgan fingerprint density at radius 1 is 1.23 bits per heavy atom. The molecule has 31 heavy (non-hydrogen) atoms. The van der Waals surface area contributed by atoms with Crippen LogP contribution in [-0.4, -0.2) is 28.6 Å². The Morgan fingerprint density at radius 3 is 2.61 bits per heavy atom. The molecule has 2 aromatic rings. The SMILES string of the molecule is C=CCc1cc(/C=C2\C(=O)NC(=S)N(c3ccc(Cl)c(Cl)c3)C2=O)cc(OCC)c1O. The lowest BCUT2D eigenvalue weighted by Crippen LogP contribution is -2.54. The van der Waals surface area contributed by atoms with Crippen LogP contribution in [0.2, 0.25) is 10.0 Å². The molecule has 0 unspecified atom stereocenters. The summed E-state index contributed by atoms with van der Waals surface area (Å²) in [6.07, 6.45) is 3.42. The molecule has 3 rings (SSSR count). The lowest BCUT2D eigenvalue weighted by molar-refractivity contribution is -0.122. The molecule has 2 N–H and O–H groups in total. The number of carbonyl (C=O) groups excluding carboxylic acids is 2. The van der Waals surface area contributed by atoms with Crippen LogP contribution in [0.5, 0.6) is 11.5 Å². The minimum absolute atomic E-state index is 0.0121. The number of phenolic OH excluding ortho intramolecular Hbond substituents is 1. The number of halogens is 2. The normalized spacial score (nSPS) is 15.3. The average Bonchev–Trinajstić information content (AvgIpc) is 2.71. The van der Waals surface area contributed by atoms with E-state index in [1.165, 1.54) is 23.1 Å². The van der Waals surface area contributed by atoms with Gasteiger partial charge in [-0.1, -0.05) is 29.3 Å². The number of hydrogen-bond donors (Lipinski definition) is 2. The van der Waals surface area contributed by atoms with Crippen molar-refractivity contribution < 1.29 is 19.4 Å². The first-order chi connectivity index (χ1) is 14.8. The van der Waals surface area contributed by atoms with E-state index in [9.17, 15) is 14.7 Å². The number of nitrogens with one attached hydrogen (secondary N) is 1. The van der Waals surface area contributed by atoms with Gasteiger partial charge in [0.2, 0.25) is 0 Å². The van der Waals surface area contributed by atoms with Crippen molar-refractivity contribution in [3.05, 3.63) is 69.7 Å². The number of carbonyl (C=O) groups is 2.